The Bertz CT molecular complexity index is 89.0. The number of hydrogen-bond donors (Lipinski definition) is 2. The first-order chi connectivity index (χ1) is 3.63. The highest BCUT2D eigenvalue weighted by Gasteiger charge is 1.89. The molecule has 0 fully saturated rings. The fraction of sp³-hybridized carbons (Fsp3) is 0.800. The van der Waals surface area contributed by atoms with Gasteiger partial charge in [0.05, 0.1) is 18.5 Å². The molecule has 1 atom stereocenters. The third kappa shape index (κ3) is 11.6. The molecule has 3 nitrogen and oxygen atoms in total. The number of halogens is 1. The van der Waals surface area contributed by atoms with Crippen molar-refractivity contribution in [3.8, 4) is 0 Å². The summed E-state index contributed by atoms with van der Waals surface area (Å²) in [7, 11) is 0. The summed E-state index contributed by atoms with van der Waals surface area (Å²) < 4.78 is 0. The Morgan fingerprint density at radius 2 is 2.22 bits per heavy atom. The molecule has 0 rings (SSSR count). The van der Waals surface area contributed by atoms with Gasteiger partial charge in [0, 0.05) is 0 Å². The molecule has 56 valence electrons. The Morgan fingerprint density at radius 1 is 1.78 bits per heavy atom. The molecule has 0 bridgehead atoms. The van der Waals surface area contributed by atoms with Crippen LogP contribution < -0.4 is 5.73 Å². The monoisotopic (exact) mass is 244 g/mol. The van der Waals surface area contributed by atoms with Crippen molar-refractivity contribution in [2.24, 2.45) is 10.7 Å². The van der Waals surface area contributed by atoms with Gasteiger partial charge < -0.3 is 10.8 Å². The second kappa shape index (κ2) is 6.28. The lowest BCUT2D eigenvalue weighted by Gasteiger charge is -1.96. The van der Waals surface area contributed by atoms with E-state index in [-0.39, 0.29) is 30.1 Å². The molecular formula is C5H13IN2O. The minimum atomic E-state index is -0.381. The number of aliphatic hydroxyl groups excluding tert-OH is 1. The highest BCUT2D eigenvalue weighted by molar-refractivity contribution is 14.0. The van der Waals surface area contributed by atoms with Crippen LogP contribution in [0.2, 0.25) is 0 Å². The first kappa shape index (κ1) is 11.9. The van der Waals surface area contributed by atoms with E-state index < -0.39 is 0 Å². The third-order valence-electron chi connectivity index (χ3n) is 0.605. The second-order valence-corrected chi connectivity index (χ2v) is 1.83. The topological polar surface area (TPSA) is 58.6 Å². The zero-order chi connectivity index (χ0) is 6.57. The van der Waals surface area contributed by atoms with Gasteiger partial charge in [-0.25, -0.2) is 0 Å². The van der Waals surface area contributed by atoms with Crippen LogP contribution in [0.15, 0.2) is 4.99 Å². The summed E-state index contributed by atoms with van der Waals surface area (Å²) in [5.74, 6) is 0.519. The lowest BCUT2D eigenvalue weighted by Crippen LogP contribution is -2.11. The van der Waals surface area contributed by atoms with Crippen LogP contribution in [-0.2, 0) is 0 Å². The number of aliphatic hydroxyl groups is 1. The van der Waals surface area contributed by atoms with Gasteiger partial charge in [-0.05, 0) is 13.8 Å². The molecule has 0 aromatic heterocycles. The smallest absolute Gasteiger partial charge is 0.0906 e. The van der Waals surface area contributed by atoms with Gasteiger partial charge in [0.1, 0.15) is 0 Å². The largest absolute Gasteiger partial charge is 0.391 e. The molecule has 0 aliphatic carbocycles. The van der Waals surface area contributed by atoms with Gasteiger partial charge in [0.25, 0.3) is 0 Å². The van der Waals surface area contributed by atoms with E-state index in [2.05, 4.69) is 4.99 Å². The Morgan fingerprint density at radius 3 is 2.33 bits per heavy atom. The van der Waals surface area contributed by atoms with Gasteiger partial charge in [-0.1, -0.05) is 0 Å². The number of nitrogens with two attached hydrogens (primary N) is 1. The van der Waals surface area contributed by atoms with Crippen molar-refractivity contribution in [2.45, 2.75) is 20.0 Å². The van der Waals surface area contributed by atoms with Gasteiger partial charge in [0.2, 0.25) is 0 Å². The van der Waals surface area contributed by atoms with E-state index in [9.17, 15) is 0 Å². The van der Waals surface area contributed by atoms with E-state index in [1.807, 2.05) is 0 Å². The van der Waals surface area contributed by atoms with Crippen molar-refractivity contribution in [3.05, 3.63) is 0 Å². The Labute approximate surface area is 72.4 Å². The molecule has 3 N–H and O–H groups in total. The minimum Gasteiger partial charge on any atom is -0.391 e. The fourth-order valence-corrected chi connectivity index (χ4v) is 0.276. The number of nitrogens with zero attached hydrogens (tertiary/aromatic N) is 1. The molecule has 0 radical (unpaired) electrons. The summed E-state index contributed by atoms with van der Waals surface area (Å²) in [6, 6.07) is 0. The molecule has 0 aromatic carbocycles. The lowest BCUT2D eigenvalue weighted by molar-refractivity contribution is 0.204. The van der Waals surface area contributed by atoms with Crippen LogP contribution in [0.3, 0.4) is 0 Å². The van der Waals surface area contributed by atoms with E-state index >= 15 is 0 Å². The molecule has 0 saturated carbocycles. The molecule has 0 aromatic rings. The minimum absolute atomic E-state index is 0. The first-order valence-corrected chi connectivity index (χ1v) is 2.57. The number of rotatable bonds is 2. The summed E-state index contributed by atoms with van der Waals surface area (Å²) in [6.07, 6.45) is -0.381. The first-order valence-electron chi connectivity index (χ1n) is 2.57. The van der Waals surface area contributed by atoms with Crippen LogP contribution in [-0.4, -0.2) is 23.6 Å². The van der Waals surface area contributed by atoms with Crippen molar-refractivity contribution >= 4 is 29.8 Å². The van der Waals surface area contributed by atoms with E-state index in [0.717, 1.165) is 0 Å². The average molecular weight is 244 g/mol. The molecule has 0 spiro atoms. The third-order valence-corrected chi connectivity index (χ3v) is 0.605. The van der Waals surface area contributed by atoms with E-state index in [1.54, 1.807) is 13.8 Å². The fourth-order valence-electron chi connectivity index (χ4n) is 0.276. The van der Waals surface area contributed by atoms with Crippen molar-refractivity contribution in [1.82, 2.24) is 0 Å². The Balaban J connectivity index is 0. The van der Waals surface area contributed by atoms with Crippen LogP contribution in [0.5, 0.6) is 0 Å². The number of aliphatic imine (C=N–C) groups is 1. The van der Waals surface area contributed by atoms with Crippen molar-refractivity contribution in [1.29, 1.82) is 0 Å². The van der Waals surface area contributed by atoms with Gasteiger partial charge in [0.15, 0.2) is 0 Å². The summed E-state index contributed by atoms with van der Waals surface area (Å²) in [5.41, 5.74) is 5.18. The Kier molecular flexibility index (Phi) is 8.31. The summed E-state index contributed by atoms with van der Waals surface area (Å²) in [5, 5.41) is 8.64. The number of amidine groups is 1. The summed E-state index contributed by atoms with van der Waals surface area (Å²) >= 11 is 0. The molecule has 0 saturated heterocycles. The predicted octanol–water partition coefficient (Wildman–Crippen LogP) is 0.362. The maximum atomic E-state index is 8.64. The standard InChI is InChI=1S/C5H12N2O.HI/c1-4(8)3-7-5(2)6;/h4,8H,3H2,1-2H3,(H2,6,7);1H/t4-;/m1./s1. The molecule has 4 heteroatoms. The number of hydrogen-bond acceptors (Lipinski definition) is 2. The quantitative estimate of drug-likeness (QED) is 0.418. The van der Waals surface area contributed by atoms with Crippen molar-refractivity contribution in [2.75, 3.05) is 6.54 Å². The van der Waals surface area contributed by atoms with Crippen LogP contribution in [0, 0.1) is 0 Å². The normalized spacial score (nSPS) is 14.3. The zero-order valence-electron chi connectivity index (χ0n) is 5.66. The van der Waals surface area contributed by atoms with Crippen LogP contribution in [0.4, 0.5) is 0 Å². The van der Waals surface area contributed by atoms with Crippen LogP contribution >= 0.6 is 24.0 Å². The van der Waals surface area contributed by atoms with Gasteiger partial charge in [-0.2, -0.15) is 0 Å². The van der Waals surface area contributed by atoms with Crippen LogP contribution in [0.25, 0.3) is 0 Å². The molecule has 9 heavy (non-hydrogen) atoms. The van der Waals surface area contributed by atoms with Crippen molar-refractivity contribution < 1.29 is 5.11 Å². The zero-order valence-corrected chi connectivity index (χ0v) is 7.99. The summed E-state index contributed by atoms with van der Waals surface area (Å²) in [4.78, 5) is 3.77. The lowest BCUT2D eigenvalue weighted by atomic mass is 10.4. The van der Waals surface area contributed by atoms with E-state index in [4.69, 9.17) is 10.8 Å². The maximum Gasteiger partial charge on any atom is 0.0906 e. The molecule has 0 heterocycles. The predicted molar refractivity (Wildman–Crippen MR) is 49.3 cm³/mol. The highest BCUT2D eigenvalue weighted by atomic mass is 127. The SMILES string of the molecule is CC(N)=NC[C@@H](C)O.I. The molecule has 0 unspecified atom stereocenters. The Hall–Kier alpha value is 0.160. The molecular weight excluding hydrogens is 231 g/mol. The highest BCUT2D eigenvalue weighted by Crippen LogP contribution is 1.79. The molecule has 0 aliphatic heterocycles. The van der Waals surface area contributed by atoms with Crippen molar-refractivity contribution in [3.63, 3.8) is 0 Å². The molecule has 0 aliphatic rings. The van der Waals surface area contributed by atoms with Gasteiger partial charge >= 0.3 is 0 Å². The van der Waals surface area contributed by atoms with E-state index in [0.29, 0.717) is 12.4 Å². The van der Waals surface area contributed by atoms with Gasteiger partial charge in [-0.15, -0.1) is 24.0 Å². The summed E-state index contributed by atoms with van der Waals surface area (Å²) in [6.45, 7) is 3.77. The van der Waals surface area contributed by atoms with Gasteiger partial charge in [-0.3, -0.25) is 4.99 Å². The average Bonchev–Trinajstić information content (AvgIpc) is 1.61. The van der Waals surface area contributed by atoms with Crippen LogP contribution in [0.1, 0.15) is 13.8 Å². The maximum absolute atomic E-state index is 8.64. The molecule has 0 amide bonds. The van der Waals surface area contributed by atoms with E-state index in [1.165, 1.54) is 0 Å². The second-order valence-electron chi connectivity index (χ2n) is 1.83.